The maximum atomic E-state index is 8.68. The second-order valence-corrected chi connectivity index (χ2v) is 3.55. The van der Waals surface area contributed by atoms with E-state index in [1.165, 1.54) is 12.8 Å². The number of nitrogens with zero attached hydrogens (tertiary/aromatic N) is 2. The summed E-state index contributed by atoms with van der Waals surface area (Å²) in [5.41, 5.74) is 0. The highest BCUT2D eigenvalue weighted by atomic mass is 15.2. The van der Waals surface area contributed by atoms with Crippen molar-refractivity contribution in [1.29, 1.82) is 5.26 Å². The molecule has 0 amide bonds. The quantitative estimate of drug-likeness (QED) is 0.571. The summed E-state index contributed by atoms with van der Waals surface area (Å²) in [6, 6.07) is 2.39. The molecule has 0 aromatic rings. The topological polar surface area (TPSA) is 27.0 Å². The zero-order valence-electron chi connectivity index (χ0n) is 7.38. The maximum absolute atomic E-state index is 8.68. The minimum absolute atomic E-state index is 0.109. The van der Waals surface area contributed by atoms with Crippen LogP contribution in [0.3, 0.4) is 0 Å². The molecule has 62 valence electrons. The fraction of sp³-hybridized carbons (Fsp3) is 0.889. The Labute approximate surface area is 68.8 Å². The lowest BCUT2D eigenvalue weighted by Crippen LogP contribution is -2.39. The lowest BCUT2D eigenvalue weighted by molar-refractivity contribution is 0.164. The van der Waals surface area contributed by atoms with Crippen molar-refractivity contribution in [3.05, 3.63) is 0 Å². The second-order valence-electron chi connectivity index (χ2n) is 3.55. The average molecular weight is 152 g/mol. The number of hydrogen-bond acceptors (Lipinski definition) is 2. The van der Waals surface area contributed by atoms with Gasteiger partial charge in [-0.1, -0.05) is 6.92 Å². The Balaban J connectivity index is 2.40. The molecular weight excluding hydrogens is 136 g/mol. The van der Waals surface area contributed by atoms with Gasteiger partial charge >= 0.3 is 0 Å². The van der Waals surface area contributed by atoms with Crippen LogP contribution in [-0.4, -0.2) is 24.0 Å². The number of hydrogen-bond donors (Lipinski definition) is 0. The first-order valence-electron chi connectivity index (χ1n) is 4.37. The summed E-state index contributed by atoms with van der Waals surface area (Å²) >= 11 is 0. The zero-order chi connectivity index (χ0) is 8.27. The molecule has 2 atom stereocenters. The molecular formula is C9H16N2. The Morgan fingerprint density at radius 1 is 1.64 bits per heavy atom. The van der Waals surface area contributed by atoms with E-state index in [0.29, 0.717) is 0 Å². The molecule has 0 aromatic carbocycles. The Bertz CT molecular complexity index is 159. The van der Waals surface area contributed by atoms with Crippen LogP contribution in [0, 0.1) is 17.2 Å². The van der Waals surface area contributed by atoms with Gasteiger partial charge in [-0.3, -0.25) is 4.90 Å². The Kier molecular flexibility index (Phi) is 2.90. The maximum Gasteiger partial charge on any atom is 0.0949 e. The third-order valence-corrected chi connectivity index (χ3v) is 2.42. The number of likely N-dealkylation sites (tertiary alicyclic amines) is 1. The molecule has 1 unspecified atom stereocenters. The van der Waals surface area contributed by atoms with Gasteiger partial charge in [-0.25, -0.2) is 0 Å². The number of rotatable bonds is 1. The van der Waals surface area contributed by atoms with Crippen LogP contribution >= 0.6 is 0 Å². The molecule has 0 aromatic heterocycles. The summed E-state index contributed by atoms with van der Waals surface area (Å²) in [7, 11) is 0. The Morgan fingerprint density at radius 3 is 2.91 bits per heavy atom. The number of piperidine rings is 1. The minimum Gasteiger partial charge on any atom is -0.288 e. The molecule has 0 bridgehead atoms. The standard InChI is InChI=1S/C9H16N2/c1-8-4-3-5-11(7-8)9(2)6-10/h8-9H,3-5,7H2,1-2H3/t8-,9?/m0/s1. The molecule has 0 spiro atoms. The first-order chi connectivity index (χ1) is 5.24. The van der Waals surface area contributed by atoms with Gasteiger partial charge in [0.15, 0.2) is 0 Å². The molecule has 1 aliphatic heterocycles. The van der Waals surface area contributed by atoms with Crippen molar-refractivity contribution in [3.8, 4) is 6.07 Å². The molecule has 0 radical (unpaired) electrons. The molecule has 1 fully saturated rings. The van der Waals surface area contributed by atoms with E-state index in [9.17, 15) is 0 Å². The lowest BCUT2D eigenvalue weighted by atomic mass is 9.99. The van der Waals surface area contributed by atoms with Crippen molar-refractivity contribution in [1.82, 2.24) is 4.90 Å². The molecule has 2 heteroatoms. The SMILES string of the molecule is CC(C#N)N1CCC[C@H](C)C1. The van der Waals surface area contributed by atoms with Gasteiger partial charge in [0.25, 0.3) is 0 Å². The monoisotopic (exact) mass is 152 g/mol. The first kappa shape index (κ1) is 8.55. The van der Waals surface area contributed by atoms with Crippen LogP contribution in [0.2, 0.25) is 0 Å². The summed E-state index contributed by atoms with van der Waals surface area (Å²) in [5.74, 6) is 0.777. The normalized spacial score (nSPS) is 29.4. The van der Waals surface area contributed by atoms with Crippen LogP contribution in [0.4, 0.5) is 0 Å². The smallest absolute Gasteiger partial charge is 0.0949 e. The molecule has 1 rings (SSSR count). The van der Waals surface area contributed by atoms with Gasteiger partial charge in [0.05, 0.1) is 12.1 Å². The fourth-order valence-corrected chi connectivity index (χ4v) is 1.66. The third-order valence-electron chi connectivity index (χ3n) is 2.42. The molecule has 2 nitrogen and oxygen atoms in total. The van der Waals surface area contributed by atoms with E-state index >= 15 is 0 Å². The third kappa shape index (κ3) is 2.20. The van der Waals surface area contributed by atoms with Crippen LogP contribution in [0.5, 0.6) is 0 Å². The molecule has 0 aliphatic carbocycles. The largest absolute Gasteiger partial charge is 0.288 e. The molecule has 1 saturated heterocycles. The summed E-state index contributed by atoms with van der Waals surface area (Å²) in [6.45, 7) is 6.46. The molecule has 11 heavy (non-hydrogen) atoms. The molecule has 0 N–H and O–H groups in total. The predicted molar refractivity (Wildman–Crippen MR) is 45.0 cm³/mol. The lowest BCUT2D eigenvalue weighted by Gasteiger charge is -2.32. The van der Waals surface area contributed by atoms with Crippen LogP contribution in [-0.2, 0) is 0 Å². The van der Waals surface area contributed by atoms with Crippen LogP contribution in [0.1, 0.15) is 26.7 Å². The van der Waals surface area contributed by atoms with Crippen LogP contribution in [0.25, 0.3) is 0 Å². The van der Waals surface area contributed by atoms with E-state index in [1.54, 1.807) is 0 Å². The highest BCUT2D eigenvalue weighted by Gasteiger charge is 2.19. The highest BCUT2D eigenvalue weighted by molar-refractivity contribution is 4.89. The van der Waals surface area contributed by atoms with Crippen LogP contribution < -0.4 is 0 Å². The van der Waals surface area contributed by atoms with Crippen molar-refractivity contribution in [2.24, 2.45) is 5.92 Å². The van der Waals surface area contributed by atoms with Gasteiger partial charge in [0.1, 0.15) is 0 Å². The fourth-order valence-electron chi connectivity index (χ4n) is 1.66. The van der Waals surface area contributed by atoms with E-state index in [-0.39, 0.29) is 6.04 Å². The van der Waals surface area contributed by atoms with E-state index in [0.717, 1.165) is 19.0 Å². The van der Waals surface area contributed by atoms with Gasteiger partial charge in [-0.15, -0.1) is 0 Å². The molecule has 0 saturated carbocycles. The predicted octanol–water partition coefficient (Wildman–Crippen LogP) is 1.63. The zero-order valence-corrected chi connectivity index (χ0v) is 7.38. The van der Waals surface area contributed by atoms with Crippen LogP contribution in [0.15, 0.2) is 0 Å². The van der Waals surface area contributed by atoms with E-state index in [2.05, 4.69) is 17.9 Å². The van der Waals surface area contributed by atoms with Crippen molar-refractivity contribution in [2.45, 2.75) is 32.7 Å². The Hall–Kier alpha value is -0.550. The van der Waals surface area contributed by atoms with Crippen molar-refractivity contribution in [2.75, 3.05) is 13.1 Å². The van der Waals surface area contributed by atoms with E-state index in [4.69, 9.17) is 5.26 Å². The first-order valence-corrected chi connectivity index (χ1v) is 4.37. The van der Waals surface area contributed by atoms with Crippen molar-refractivity contribution < 1.29 is 0 Å². The average Bonchev–Trinajstić information content (AvgIpc) is 2.03. The van der Waals surface area contributed by atoms with Gasteiger partial charge in [-0.05, 0) is 32.2 Å². The van der Waals surface area contributed by atoms with Crippen molar-refractivity contribution >= 4 is 0 Å². The van der Waals surface area contributed by atoms with Crippen molar-refractivity contribution in [3.63, 3.8) is 0 Å². The second kappa shape index (κ2) is 3.73. The minimum atomic E-state index is 0.109. The summed E-state index contributed by atoms with van der Waals surface area (Å²) in [4.78, 5) is 2.27. The van der Waals surface area contributed by atoms with Gasteiger partial charge in [0.2, 0.25) is 0 Å². The van der Waals surface area contributed by atoms with E-state index in [1.807, 2.05) is 6.92 Å². The summed E-state index contributed by atoms with van der Waals surface area (Å²) < 4.78 is 0. The Morgan fingerprint density at radius 2 is 2.36 bits per heavy atom. The van der Waals surface area contributed by atoms with E-state index < -0.39 is 0 Å². The summed E-state index contributed by atoms with van der Waals surface area (Å²) in [5, 5.41) is 8.68. The van der Waals surface area contributed by atoms with Gasteiger partial charge in [-0.2, -0.15) is 5.26 Å². The van der Waals surface area contributed by atoms with Gasteiger partial charge < -0.3 is 0 Å². The highest BCUT2D eigenvalue weighted by Crippen LogP contribution is 2.16. The molecule has 1 heterocycles. The summed E-state index contributed by atoms with van der Waals surface area (Å²) in [6.07, 6.45) is 2.59. The number of nitriles is 1. The molecule has 1 aliphatic rings. The van der Waals surface area contributed by atoms with Gasteiger partial charge in [0, 0.05) is 6.54 Å².